The summed E-state index contributed by atoms with van der Waals surface area (Å²) in [5, 5.41) is 0. The lowest BCUT2D eigenvalue weighted by Gasteiger charge is -2.38. The van der Waals surface area contributed by atoms with Gasteiger partial charge in [0.1, 0.15) is 0 Å². The largest absolute Gasteiger partial charge is 0.298 e. The lowest BCUT2D eigenvalue weighted by molar-refractivity contribution is -0.129. The molecule has 0 radical (unpaired) electrons. The van der Waals surface area contributed by atoms with Crippen LogP contribution in [0.3, 0.4) is 0 Å². The lowest BCUT2D eigenvalue weighted by Crippen LogP contribution is -2.49. The number of Topliss-reactive ketones (excluding diaryl/α,β-unsaturated/α-hetero) is 3. The monoisotopic (exact) mass is 592 g/mol. The van der Waals surface area contributed by atoms with Crippen molar-refractivity contribution in [1.82, 2.24) is 14.7 Å². The van der Waals surface area contributed by atoms with E-state index in [2.05, 4.69) is 56.2 Å². The van der Waals surface area contributed by atoms with E-state index in [1.807, 2.05) is 41.5 Å². The van der Waals surface area contributed by atoms with E-state index in [1.54, 1.807) is 0 Å². The van der Waals surface area contributed by atoms with Crippen molar-refractivity contribution in [2.24, 2.45) is 17.8 Å². The summed E-state index contributed by atoms with van der Waals surface area (Å²) >= 11 is 0. The molecule has 3 heterocycles. The molecule has 0 N–H and O–H groups in total. The summed E-state index contributed by atoms with van der Waals surface area (Å²) in [5.74, 6) is 1.83. The molecule has 3 fully saturated rings. The van der Waals surface area contributed by atoms with Crippen LogP contribution in [0.25, 0.3) is 0 Å². The van der Waals surface area contributed by atoms with E-state index >= 15 is 0 Å². The van der Waals surface area contributed by atoms with E-state index in [9.17, 15) is 14.4 Å². The summed E-state index contributed by atoms with van der Waals surface area (Å²) < 4.78 is 0. The van der Waals surface area contributed by atoms with Gasteiger partial charge in [0.25, 0.3) is 0 Å². The topological polar surface area (TPSA) is 60.9 Å². The van der Waals surface area contributed by atoms with Gasteiger partial charge in [0.2, 0.25) is 0 Å². The Labute approximate surface area is 260 Å². The molecular formula is C36H69N3O3. The average Bonchev–Trinajstić information content (AvgIpc) is 3.30. The number of ketones is 3. The summed E-state index contributed by atoms with van der Waals surface area (Å²) in [6.45, 7) is 28.5. The number of hydrogen-bond donors (Lipinski definition) is 0. The van der Waals surface area contributed by atoms with E-state index in [0.29, 0.717) is 35.5 Å². The van der Waals surface area contributed by atoms with Gasteiger partial charge in [-0.2, -0.15) is 0 Å². The minimum absolute atomic E-state index is 0.175. The number of piperidine rings is 1. The molecule has 0 bridgehead atoms. The third-order valence-corrected chi connectivity index (χ3v) is 9.31. The van der Waals surface area contributed by atoms with Gasteiger partial charge in [-0.25, -0.2) is 0 Å². The van der Waals surface area contributed by atoms with Gasteiger partial charge in [0, 0.05) is 35.9 Å². The Morgan fingerprint density at radius 1 is 0.405 bits per heavy atom. The predicted octanol–water partition coefficient (Wildman–Crippen LogP) is 7.42. The van der Waals surface area contributed by atoms with Gasteiger partial charge >= 0.3 is 0 Å². The number of likely N-dealkylation sites (tertiary alicyclic amines) is 3. The van der Waals surface area contributed by atoms with Crippen LogP contribution in [0.5, 0.6) is 0 Å². The Morgan fingerprint density at radius 3 is 0.976 bits per heavy atom. The van der Waals surface area contributed by atoms with E-state index in [1.165, 1.54) is 38.5 Å². The Hall–Kier alpha value is -1.11. The fourth-order valence-corrected chi connectivity index (χ4v) is 6.80. The summed E-state index contributed by atoms with van der Waals surface area (Å²) in [4.78, 5) is 43.0. The van der Waals surface area contributed by atoms with Crippen LogP contribution in [0.2, 0.25) is 0 Å². The first-order valence-electron chi connectivity index (χ1n) is 17.5. The Kier molecular flexibility index (Phi) is 17.9. The second-order valence-corrected chi connectivity index (χ2v) is 14.7. The van der Waals surface area contributed by atoms with Gasteiger partial charge in [-0.15, -0.1) is 0 Å². The van der Waals surface area contributed by atoms with Crippen molar-refractivity contribution in [2.45, 2.75) is 177 Å². The third-order valence-electron chi connectivity index (χ3n) is 9.31. The van der Waals surface area contributed by atoms with Crippen molar-refractivity contribution in [1.29, 1.82) is 0 Å². The minimum Gasteiger partial charge on any atom is -0.298 e. The van der Waals surface area contributed by atoms with Crippen LogP contribution >= 0.6 is 0 Å². The first-order valence-corrected chi connectivity index (χ1v) is 17.5. The highest BCUT2D eigenvalue weighted by atomic mass is 16.1. The molecule has 0 aromatic rings. The maximum Gasteiger partial charge on any atom is 0.152 e. The number of carbonyl (C=O) groups is 3. The first kappa shape index (κ1) is 38.9. The van der Waals surface area contributed by atoms with Crippen molar-refractivity contribution in [2.75, 3.05) is 19.6 Å². The van der Waals surface area contributed by atoms with E-state index in [-0.39, 0.29) is 35.9 Å². The van der Waals surface area contributed by atoms with Crippen LogP contribution in [-0.2, 0) is 14.4 Å². The predicted molar refractivity (Wildman–Crippen MR) is 178 cm³/mol. The molecule has 3 atom stereocenters. The van der Waals surface area contributed by atoms with Crippen LogP contribution < -0.4 is 0 Å². The van der Waals surface area contributed by atoms with Gasteiger partial charge in [-0.1, -0.05) is 60.8 Å². The fourth-order valence-electron chi connectivity index (χ4n) is 6.80. The molecule has 3 aliphatic heterocycles. The Morgan fingerprint density at radius 2 is 0.667 bits per heavy atom. The van der Waals surface area contributed by atoms with E-state index in [0.717, 1.165) is 38.9 Å². The zero-order chi connectivity index (χ0) is 32.1. The molecule has 6 heteroatoms. The van der Waals surface area contributed by atoms with Gasteiger partial charge < -0.3 is 0 Å². The SMILES string of the molecule is CC(C)C(=O)C1CCCCCN1C(C)C.CC(C)C(=O)C1CCCCN1C(C)C.CC(C)C(=O)C1CCCN1C(C)C. The molecule has 3 saturated heterocycles. The van der Waals surface area contributed by atoms with Crippen molar-refractivity contribution in [3.05, 3.63) is 0 Å². The molecule has 246 valence electrons. The molecule has 0 saturated carbocycles. The zero-order valence-corrected chi connectivity index (χ0v) is 29.7. The fraction of sp³-hybridized carbons (Fsp3) is 0.917. The third kappa shape index (κ3) is 12.1. The van der Waals surface area contributed by atoms with Crippen LogP contribution in [0.4, 0.5) is 0 Å². The molecule has 6 nitrogen and oxygen atoms in total. The molecule has 0 aromatic carbocycles. The summed E-state index contributed by atoms with van der Waals surface area (Å²) in [7, 11) is 0. The lowest BCUT2D eigenvalue weighted by atomic mass is 9.92. The van der Waals surface area contributed by atoms with Crippen molar-refractivity contribution < 1.29 is 14.4 Å². The second-order valence-electron chi connectivity index (χ2n) is 14.7. The van der Waals surface area contributed by atoms with Gasteiger partial charge in [-0.3, -0.25) is 29.1 Å². The van der Waals surface area contributed by atoms with Crippen molar-refractivity contribution in [3.63, 3.8) is 0 Å². The Bertz CT molecular complexity index is 805. The molecule has 3 unspecified atom stereocenters. The summed E-state index contributed by atoms with van der Waals surface area (Å²) in [6, 6.07) is 2.10. The number of hydrogen-bond acceptors (Lipinski definition) is 6. The molecule has 0 aromatic heterocycles. The molecule has 3 aliphatic rings. The molecule has 3 rings (SSSR count). The van der Waals surface area contributed by atoms with Crippen LogP contribution in [0, 0.1) is 17.8 Å². The van der Waals surface area contributed by atoms with Crippen LogP contribution in [0.1, 0.15) is 141 Å². The summed E-state index contributed by atoms with van der Waals surface area (Å²) in [5.41, 5.74) is 0. The molecule has 0 aliphatic carbocycles. The quantitative estimate of drug-likeness (QED) is 0.278. The smallest absolute Gasteiger partial charge is 0.152 e. The Balaban J connectivity index is 0.000000316. The van der Waals surface area contributed by atoms with Gasteiger partial charge in [0.15, 0.2) is 17.3 Å². The normalized spacial score (nSPS) is 24.6. The highest BCUT2D eigenvalue weighted by molar-refractivity contribution is 5.86. The molecule has 0 spiro atoms. The second kappa shape index (κ2) is 19.3. The average molecular weight is 592 g/mol. The van der Waals surface area contributed by atoms with Gasteiger partial charge in [0.05, 0.1) is 18.1 Å². The molecule has 42 heavy (non-hydrogen) atoms. The molecule has 0 amide bonds. The number of carbonyl (C=O) groups excluding carboxylic acids is 3. The van der Waals surface area contributed by atoms with Crippen LogP contribution in [-0.4, -0.2) is 87.9 Å². The van der Waals surface area contributed by atoms with Crippen LogP contribution in [0.15, 0.2) is 0 Å². The van der Waals surface area contributed by atoms with Crippen molar-refractivity contribution in [3.8, 4) is 0 Å². The van der Waals surface area contributed by atoms with E-state index < -0.39 is 0 Å². The standard InChI is InChI=1S/C13H25NO.C12H23NO.C11H21NO/c1-10(2)13(15)12-8-6-5-7-9-14(12)11(3)4;1-9(2)12(14)11-7-5-6-8-13(11)10(3)4;1-8(2)11(13)10-6-5-7-12(10)9(3)4/h10-12H,5-9H2,1-4H3;9-11H,5-8H2,1-4H3;8-10H,5-7H2,1-4H3. The number of rotatable bonds is 9. The maximum absolute atomic E-state index is 12.1. The zero-order valence-electron chi connectivity index (χ0n) is 29.7. The highest BCUT2D eigenvalue weighted by Gasteiger charge is 2.33. The highest BCUT2D eigenvalue weighted by Crippen LogP contribution is 2.24. The number of nitrogens with zero attached hydrogens (tertiary/aromatic N) is 3. The maximum atomic E-state index is 12.1. The van der Waals surface area contributed by atoms with Gasteiger partial charge in [-0.05, 0) is 99.7 Å². The minimum atomic E-state index is 0.175. The van der Waals surface area contributed by atoms with E-state index in [4.69, 9.17) is 0 Å². The van der Waals surface area contributed by atoms with Crippen molar-refractivity contribution >= 4 is 17.3 Å². The summed E-state index contributed by atoms with van der Waals surface area (Å²) in [6.07, 6.45) is 10.6. The molecular weight excluding hydrogens is 522 g/mol. The first-order chi connectivity index (χ1) is 19.6.